The van der Waals surface area contributed by atoms with Gasteiger partial charge in [-0.1, -0.05) is 34.1 Å². The Morgan fingerprint density at radius 1 is 1.16 bits per heavy atom. The molecule has 2 amide bonds. The minimum atomic E-state index is -1.64. The number of rotatable bonds is 4. The summed E-state index contributed by atoms with van der Waals surface area (Å²) in [7, 11) is 1.54. The lowest BCUT2D eigenvalue weighted by Gasteiger charge is -2.44. The number of imide groups is 1. The van der Waals surface area contributed by atoms with Crippen molar-refractivity contribution in [1.82, 2.24) is 0 Å². The van der Waals surface area contributed by atoms with Crippen molar-refractivity contribution in [3.05, 3.63) is 58.6 Å². The minimum absolute atomic E-state index is 0.0556. The van der Waals surface area contributed by atoms with Crippen molar-refractivity contribution >= 4 is 33.4 Å². The molecule has 2 N–H and O–H groups in total. The summed E-state index contributed by atoms with van der Waals surface area (Å²) in [5.74, 6) is -4.47. The zero-order chi connectivity index (χ0) is 22.6. The van der Waals surface area contributed by atoms with Gasteiger partial charge in [0.15, 0.2) is 5.79 Å². The van der Waals surface area contributed by atoms with Crippen LogP contribution < -0.4 is 4.90 Å². The number of carbonyl (C=O) groups is 2. The van der Waals surface area contributed by atoms with E-state index >= 15 is 0 Å². The van der Waals surface area contributed by atoms with Crippen LogP contribution in [0.15, 0.2) is 53.0 Å². The lowest BCUT2D eigenvalue weighted by Crippen LogP contribution is -2.54. The van der Waals surface area contributed by atoms with Crippen LogP contribution in [-0.2, 0) is 19.1 Å². The van der Waals surface area contributed by atoms with E-state index in [1.165, 1.54) is 12.0 Å². The second kappa shape index (κ2) is 7.95. The van der Waals surface area contributed by atoms with Gasteiger partial charge in [0.2, 0.25) is 11.8 Å². The Bertz CT molecular complexity index is 1060. The highest BCUT2D eigenvalue weighted by molar-refractivity contribution is 9.10. The Morgan fingerprint density at radius 3 is 2.62 bits per heavy atom. The van der Waals surface area contributed by atoms with Gasteiger partial charge in [0, 0.05) is 29.0 Å². The molecule has 2 aromatic rings. The van der Waals surface area contributed by atoms with E-state index in [-0.39, 0.29) is 30.6 Å². The third kappa shape index (κ3) is 3.20. The monoisotopic (exact) mass is 501 g/mol. The van der Waals surface area contributed by atoms with E-state index in [1.807, 2.05) is 6.07 Å². The molecule has 0 radical (unpaired) electrons. The molecule has 2 heterocycles. The molecule has 7 nitrogen and oxygen atoms in total. The first-order valence-electron chi connectivity index (χ1n) is 10.7. The summed E-state index contributed by atoms with van der Waals surface area (Å²) >= 11 is 3.41. The molecule has 2 aromatic carbocycles. The number of anilines is 1. The molecule has 0 unspecified atom stereocenters. The number of hydrogen-bond donors (Lipinski definition) is 2. The average Bonchev–Trinajstić information content (AvgIpc) is 3.25. The summed E-state index contributed by atoms with van der Waals surface area (Å²) in [5, 5.41) is 22.1. The maximum atomic E-state index is 13.5. The summed E-state index contributed by atoms with van der Waals surface area (Å²) in [5.41, 5.74) is 1.07. The predicted octanol–water partition coefficient (Wildman–Crippen LogP) is 3.39. The number of phenols is 1. The zero-order valence-corrected chi connectivity index (χ0v) is 19.1. The van der Waals surface area contributed by atoms with Gasteiger partial charge < -0.3 is 19.7 Å². The van der Waals surface area contributed by atoms with E-state index in [0.717, 1.165) is 4.47 Å². The quantitative estimate of drug-likeness (QED) is 0.623. The maximum absolute atomic E-state index is 13.5. The molecule has 168 valence electrons. The van der Waals surface area contributed by atoms with Crippen molar-refractivity contribution in [3.63, 3.8) is 0 Å². The van der Waals surface area contributed by atoms with Gasteiger partial charge in [-0.3, -0.25) is 14.5 Å². The predicted molar refractivity (Wildman–Crippen MR) is 119 cm³/mol. The molecule has 0 bridgehead atoms. The van der Waals surface area contributed by atoms with Crippen LogP contribution >= 0.6 is 15.9 Å². The number of methoxy groups -OCH3 is 1. The Hall–Kier alpha value is -2.26. The fourth-order valence-corrected chi connectivity index (χ4v) is 6.06. The number of benzene rings is 2. The topological polar surface area (TPSA) is 96.3 Å². The Kier molecular flexibility index (Phi) is 5.36. The summed E-state index contributed by atoms with van der Waals surface area (Å²) in [6.07, 6.45) is -0.0190. The first kappa shape index (κ1) is 21.6. The molecule has 0 aromatic heterocycles. The normalized spacial score (nSPS) is 34.0. The lowest BCUT2D eigenvalue weighted by atomic mass is 9.64. The molecule has 5 rings (SSSR count). The smallest absolute Gasteiger partial charge is 0.238 e. The summed E-state index contributed by atoms with van der Waals surface area (Å²) in [6, 6.07) is 13.9. The highest BCUT2D eigenvalue weighted by Crippen LogP contribution is 2.59. The van der Waals surface area contributed by atoms with Crippen LogP contribution in [0.5, 0.6) is 5.75 Å². The van der Waals surface area contributed by atoms with Crippen LogP contribution in [0.2, 0.25) is 0 Å². The van der Waals surface area contributed by atoms with Crippen LogP contribution in [0.25, 0.3) is 0 Å². The molecule has 8 heteroatoms. The number of hydrogen-bond acceptors (Lipinski definition) is 6. The number of aliphatic hydroxyl groups is 1. The van der Waals surface area contributed by atoms with Crippen LogP contribution in [0, 0.1) is 23.7 Å². The van der Waals surface area contributed by atoms with Crippen molar-refractivity contribution in [2.75, 3.05) is 18.6 Å². The minimum Gasteiger partial charge on any atom is -0.508 e. The van der Waals surface area contributed by atoms with Gasteiger partial charge in [0.05, 0.1) is 30.2 Å². The highest BCUT2D eigenvalue weighted by Gasteiger charge is 2.67. The largest absolute Gasteiger partial charge is 0.508 e. The third-order valence-corrected chi connectivity index (χ3v) is 7.58. The van der Waals surface area contributed by atoms with Gasteiger partial charge in [0.25, 0.3) is 0 Å². The first-order valence-corrected chi connectivity index (χ1v) is 11.4. The fraction of sp³-hybridized carbons (Fsp3) is 0.417. The van der Waals surface area contributed by atoms with Crippen molar-refractivity contribution in [2.24, 2.45) is 23.7 Å². The van der Waals surface area contributed by atoms with E-state index in [0.29, 0.717) is 17.7 Å². The van der Waals surface area contributed by atoms with E-state index in [9.17, 15) is 19.8 Å². The molecule has 1 aliphatic carbocycles. The number of para-hydroxylation sites is 1. The molecule has 1 saturated carbocycles. The second-order valence-electron chi connectivity index (χ2n) is 8.77. The lowest BCUT2D eigenvalue weighted by molar-refractivity contribution is -0.275. The molecule has 32 heavy (non-hydrogen) atoms. The van der Waals surface area contributed by atoms with E-state index in [2.05, 4.69) is 15.9 Å². The number of ether oxygens (including phenoxy) is 2. The van der Waals surface area contributed by atoms with Crippen molar-refractivity contribution < 1.29 is 29.3 Å². The van der Waals surface area contributed by atoms with Crippen LogP contribution in [0.3, 0.4) is 0 Å². The van der Waals surface area contributed by atoms with Crippen molar-refractivity contribution in [3.8, 4) is 5.75 Å². The Labute approximate surface area is 194 Å². The highest BCUT2D eigenvalue weighted by atomic mass is 79.9. The standard InChI is InChI=1S/C24H24BrNO6/c1-31-12-13-9-17-21(23(29)26(22(17)28)15-5-3-2-4-6-15)18-11-20(32-24(13,18)30)16-10-14(25)7-8-19(16)27/h2-8,10,13,17-18,20-21,27,30H,9,11-12H2,1H3/t13-,17+,18+,20+,21+,24-/m1/s1. The summed E-state index contributed by atoms with van der Waals surface area (Å²) in [6.45, 7) is 0.195. The summed E-state index contributed by atoms with van der Waals surface area (Å²) < 4.78 is 12.3. The third-order valence-electron chi connectivity index (χ3n) is 7.08. The van der Waals surface area contributed by atoms with Gasteiger partial charge >= 0.3 is 0 Å². The number of amides is 2. The van der Waals surface area contributed by atoms with Crippen molar-refractivity contribution in [1.29, 1.82) is 0 Å². The molecule has 2 aliphatic heterocycles. The van der Waals surface area contributed by atoms with Gasteiger partial charge in [-0.05, 0) is 43.2 Å². The van der Waals surface area contributed by atoms with Crippen molar-refractivity contribution in [2.45, 2.75) is 24.7 Å². The molecule has 3 fully saturated rings. The molecule has 2 saturated heterocycles. The summed E-state index contributed by atoms with van der Waals surface area (Å²) in [4.78, 5) is 28.1. The number of nitrogens with zero attached hydrogens (tertiary/aromatic N) is 1. The Morgan fingerprint density at radius 2 is 1.91 bits per heavy atom. The SMILES string of the molecule is COC[C@H]1C[C@@H]2C(=O)N(c3ccccc3)C(=O)[C@@H]2[C@@H]2C[C@@H](c3cc(Br)ccc3O)O[C@]12O. The van der Waals surface area contributed by atoms with Crippen LogP contribution in [0.1, 0.15) is 24.5 Å². The number of aromatic hydroxyl groups is 1. The van der Waals surface area contributed by atoms with Gasteiger partial charge in [0.1, 0.15) is 5.75 Å². The molecule has 3 aliphatic rings. The van der Waals surface area contributed by atoms with Gasteiger partial charge in [-0.25, -0.2) is 0 Å². The second-order valence-corrected chi connectivity index (χ2v) is 9.69. The van der Waals surface area contributed by atoms with Crippen LogP contribution in [0.4, 0.5) is 5.69 Å². The zero-order valence-electron chi connectivity index (χ0n) is 17.5. The molecular formula is C24H24BrNO6. The fourth-order valence-electron chi connectivity index (χ4n) is 5.68. The molecule has 0 spiro atoms. The van der Waals surface area contributed by atoms with Gasteiger partial charge in [-0.15, -0.1) is 0 Å². The number of halogens is 1. The number of fused-ring (bicyclic) bond motifs is 3. The number of phenolic OH excluding ortho intramolecular Hbond substituents is 1. The number of carbonyl (C=O) groups excluding carboxylic acids is 2. The van der Waals surface area contributed by atoms with Gasteiger partial charge in [-0.2, -0.15) is 0 Å². The van der Waals surface area contributed by atoms with E-state index in [1.54, 1.807) is 42.5 Å². The van der Waals surface area contributed by atoms with Crippen LogP contribution in [-0.4, -0.2) is 41.5 Å². The van der Waals surface area contributed by atoms with E-state index < -0.39 is 35.6 Å². The molecular weight excluding hydrogens is 478 g/mol. The maximum Gasteiger partial charge on any atom is 0.238 e. The molecule has 6 atom stereocenters. The Balaban J connectivity index is 1.55. The first-order chi connectivity index (χ1) is 15.3. The van der Waals surface area contributed by atoms with E-state index in [4.69, 9.17) is 9.47 Å². The average molecular weight is 502 g/mol.